The monoisotopic (exact) mass is 344 g/mol. The SMILES string of the molecule is CCCC(NC)C(=O)NS(=O)(=O)CC12CCC(CC1=O)C2(C)C. The maximum Gasteiger partial charge on any atom is 0.250 e. The summed E-state index contributed by atoms with van der Waals surface area (Å²) < 4.78 is 27.2. The Morgan fingerprint density at radius 1 is 1.39 bits per heavy atom. The van der Waals surface area contributed by atoms with Gasteiger partial charge in [-0.2, -0.15) is 0 Å². The van der Waals surface area contributed by atoms with Gasteiger partial charge in [-0.25, -0.2) is 8.42 Å². The van der Waals surface area contributed by atoms with Crippen LogP contribution >= 0.6 is 0 Å². The van der Waals surface area contributed by atoms with E-state index in [0.717, 1.165) is 12.8 Å². The van der Waals surface area contributed by atoms with E-state index in [1.807, 2.05) is 20.8 Å². The minimum atomic E-state index is -3.85. The molecule has 0 saturated heterocycles. The molecule has 2 aliphatic rings. The molecule has 0 radical (unpaired) electrons. The van der Waals surface area contributed by atoms with E-state index in [4.69, 9.17) is 0 Å². The van der Waals surface area contributed by atoms with Gasteiger partial charge in [0.05, 0.1) is 17.2 Å². The summed E-state index contributed by atoms with van der Waals surface area (Å²) in [7, 11) is -2.21. The summed E-state index contributed by atoms with van der Waals surface area (Å²) in [6.07, 6.45) is 3.29. The Morgan fingerprint density at radius 3 is 2.48 bits per heavy atom. The first kappa shape index (κ1) is 18.4. The first-order valence-electron chi connectivity index (χ1n) is 8.34. The summed E-state index contributed by atoms with van der Waals surface area (Å²) in [6, 6.07) is -0.532. The van der Waals surface area contributed by atoms with Crippen LogP contribution in [0, 0.1) is 16.7 Å². The third-order valence-corrected chi connectivity index (χ3v) is 7.46. The highest BCUT2D eigenvalue weighted by molar-refractivity contribution is 7.90. The number of hydrogen-bond acceptors (Lipinski definition) is 5. The third-order valence-electron chi connectivity index (χ3n) is 6.07. The molecule has 7 heteroatoms. The molecule has 0 aromatic carbocycles. The van der Waals surface area contributed by atoms with Gasteiger partial charge in [0.2, 0.25) is 10.0 Å². The van der Waals surface area contributed by atoms with Crippen LogP contribution in [0.25, 0.3) is 0 Å². The number of carbonyl (C=O) groups is 2. The van der Waals surface area contributed by atoms with Crippen molar-refractivity contribution in [1.29, 1.82) is 0 Å². The lowest BCUT2D eigenvalue weighted by molar-refractivity contribution is -0.128. The van der Waals surface area contributed by atoms with Gasteiger partial charge in [0.25, 0.3) is 5.91 Å². The lowest BCUT2D eigenvalue weighted by Gasteiger charge is -2.36. The first-order valence-corrected chi connectivity index (χ1v) is 10.00. The molecule has 2 saturated carbocycles. The van der Waals surface area contributed by atoms with Crippen molar-refractivity contribution in [3.8, 4) is 0 Å². The van der Waals surface area contributed by atoms with Crippen molar-refractivity contribution in [3.05, 3.63) is 0 Å². The molecule has 2 N–H and O–H groups in total. The van der Waals surface area contributed by atoms with E-state index in [0.29, 0.717) is 19.3 Å². The summed E-state index contributed by atoms with van der Waals surface area (Å²) in [5, 5.41) is 2.83. The van der Waals surface area contributed by atoms with E-state index >= 15 is 0 Å². The summed E-state index contributed by atoms with van der Waals surface area (Å²) in [5.74, 6) is -0.527. The number of nitrogens with one attached hydrogen (secondary N) is 2. The fraction of sp³-hybridized carbons (Fsp3) is 0.875. The van der Waals surface area contributed by atoms with E-state index in [1.165, 1.54) is 0 Å². The number of Topliss-reactive ketones (excluding diaryl/α,β-unsaturated/α-hetero) is 1. The van der Waals surface area contributed by atoms with Gasteiger partial charge in [-0.15, -0.1) is 0 Å². The Kier molecular flexibility index (Phi) is 4.93. The number of fused-ring (bicyclic) bond motifs is 2. The fourth-order valence-electron chi connectivity index (χ4n) is 4.39. The third kappa shape index (κ3) is 3.05. The predicted molar refractivity (Wildman–Crippen MR) is 88.2 cm³/mol. The quantitative estimate of drug-likeness (QED) is 0.724. The zero-order valence-corrected chi connectivity index (χ0v) is 15.3. The summed E-state index contributed by atoms with van der Waals surface area (Å²) >= 11 is 0. The molecule has 132 valence electrons. The topological polar surface area (TPSA) is 92.3 Å². The highest BCUT2D eigenvalue weighted by atomic mass is 32.2. The van der Waals surface area contributed by atoms with Gasteiger partial charge >= 0.3 is 0 Å². The van der Waals surface area contributed by atoms with Crippen LogP contribution in [0.2, 0.25) is 0 Å². The van der Waals surface area contributed by atoms with Crippen LogP contribution in [0.1, 0.15) is 52.9 Å². The summed E-state index contributed by atoms with van der Waals surface area (Å²) in [4.78, 5) is 24.6. The Balaban J connectivity index is 2.15. The smallest absolute Gasteiger partial charge is 0.250 e. The lowest BCUT2D eigenvalue weighted by Crippen LogP contribution is -2.50. The highest BCUT2D eigenvalue weighted by Crippen LogP contribution is 2.64. The minimum Gasteiger partial charge on any atom is -0.309 e. The standard InChI is InChI=1S/C16H28N2O4S/c1-5-6-12(17-4)14(20)18-23(21,22)10-16-8-7-11(9-13(16)19)15(16,2)3/h11-12,17H,5-10H2,1-4H3,(H,18,20). The van der Waals surface area contributed by atoms with Crippen molar-refractivity contribution in [1.82, 2.24) is 10.0 Å². The van der Waals surface area contributed by atoms with Crippen molar-refractivity contribution < 1.29 is 18.0 Å². The van der Waals surface area contributed by atoms with Gasteiger partial charge in [0, 0.05) is 6.42 Å². The number of sulfonamides is 1. The second-order valence-corrected chi connectivity index (χ2v) is 9.24. The lowest BCUT2D eigenvalue weighted by atomic mass is 9.70. The molecular weight excluding hydrogens is 316 g/mol. The molecule has 1 amide bonds. The van der Waals surface area contributed by atoms with E-state index in [2.05, 4.69) is 10.0 Å². The Bertz CT molecular complexity index is 599. The van der Waals surface area contributed by atoms with Crippen molar-refractivity contribution in [2.24, 2.45) is 16.7 Å². The van der Waals surface area contributed by atoms with Crippen molar-refractivity contribution in [3.63, 3.8) is 0 Å². The minimum absolute atomic E-state index is 0.0373. The molecule has 0 heterocycles. The average Bonchev–Trinajstić information content (AvgIpc) is 2.77. The van der Waals surface area contributed by atoms with Crippen LogP contribution in [0.3, 0.4) is 0 Å². The van der Waals surface area contributed by atoms with Crippen molar-refractivity contribution >= 4 is 21.7 Å². The normalized spacial score (nSPS) is 30.4. The number of carbonyl (C=O) groups excluding carboxylic acids is 2. The molecule has 2 rings (SSSR count). The molecular formula is C16H28N2O4S. The number of amides is 1. The molecule has 2 fully saturated rings. The van der Waals surface area contributed by atoms with E-state index in [9.17, 15) is 18.0 Å². The Morgan fingerprint density at radius 2 is 2.04 bits per heavy atom. The zero-order valence-electron chi connectivity index (χ0n) is 14.4. The van der Waals surface area contributed by atoms with E-state index in [-0.39, 0.29) is 22.9 Å². The van der Waals surface area contributed by atoms with Crippen LogP contribution in [0.4, 0.5) is 0 Å². The van der Waals surface area contributed by atoms with Gasteiger partial charge in [0.15, 0.2) is 0 Å². The van der Waals surface area contributed by atoms with E-state index < -0.39 is 27.4 Å². The largest absolute Gasteiger partial charge is 0.309 e. The van der Waals surface area contributed by atoms with Gasteiger partial charge in [-0.3, -0.25) is 14.3 Å². The van der Waals surface area contributed by atoms with Crippen molar-refractivity contribution in [2.45, 2.75) is 58.9 Å². The van der Waals surface area contributed by atoms with Crippen LogP contribution in [-0.4, -0.2) is 39.0 Å². The number of hydrogen-bond donors (Lipinski definition) is 2. The fourth-order valence-corrected chi connectivity index (χ4v) is 6.24. The maximum absolute atomic E-state index is 12.5. The second-order valence-electron chi connectivity index (χ2n) is 7.52. The Labute approximate surface area is 138 Å². The molecule has 0 aliphatic heterocycles. The first-order chi connectivity index (χ1) is 10.6. The Hall–Kier alpha value is -0.950. The molecule has 6 nitrogen and oxygen atoms in total. The molecule has 2 bridgehead atoms. The molecule has 3 unspecified atom stereocenters. The van der Waals surface area contributed by atoms with Gasteiger partial charge in [-0.1, -0.05) is 27.2 Å². The highest BCUT2D eigenvalue weighted by Gasteiger charge is 2.65. The summed E-state index contributed by atoms with van der Waals surface area (Å²) in [6.45, 7) is 5.91. The summed E-state index contributed by atoms with van der Waals surface area (Å²) in [5.41, 5.74) is -1.17. The van der Waals surface area contributed by atoms with Gasteiger partial charge in [0.1, 0.15) is 5.78 Å². The van der Waals surface area contributed by atoms with Crippen LogP contribution < -0.4 is 10.0 Å². The van der Waals surface area contributed by atoms with Crippen LogP contribution in [-0.2, 0) is 19.6 Å². The zero-order chi connectivity index (χ0) is 17.5. The molecule has 0 aromatic rings. The molecule has 3 atom stereocenters. The second kappa shape index (κ2) is 6.16. The predicted octanol–water partition coefficient (Wildman–Crippen LogP) is 1.22. The van der Waals surface area contributed by atoms with Crippen LogP contribution in [0.15, 0.2) is 0 Å². The molecule has 23 heavy (non-hydrogen) atoms. The van der Waals surface area contributed by atoms with Crippen molar-refractivity contribution in [2.75, 3.05) is 12.8 Å². The molecule has 2 aliphatic carbocycles. The maximum atomic E-state index is 12.5. The van der Waals surface area contributed by atoms with Gasteiger partial charge in [-0.05, 0) is 37.6 Å². The number of rotatable bonds is 7. The van der Waals surface area contributed by atoms with Crippen LogP contribution in [0.5, 0.6) is 0 Å². The van der Waals surface area contributed by atoms with Gasteiger partial charge < -0.3 is 5.32 Å². The van der Waals surface area contributed by atoms with E-state index in [1.54, 1.807) is 7.05 Å². The number of ketones is 1. The molecule has 0 aromatic heterocycles. The number of likely N-dealkylation sites (N-methyl/N-ethyl adjacent to an activating group) is 1. The molecule has 0 spiro atoms. The average molecular weight is 344 g/mol.